The fourth-order valence-electron chi connectivity index (χ4n) is 4.48. The first-order valence-corrected chi connectivity index (χ1v) is 12.8. The number of benzene rings is 2. The zero-order valence-electron chi connectivity index (χ0n) is 19.4. The molecule has 2 aromatic carbocycles. The number of tetrazole rings is 1. The topological polar surface area (TPSA) is 165 Å². The molecular formula is C22H22N6O8S. The number of ether oxygens (including phenoxy) is 5. The van der Waals surface area contributed by atoms with Crippen LogP contribution >= 0.6 is 0 Å². The molecular weight excluding hydrogens is 508 g/mol. The van der Waals surface area contributed by atoms with E-state index in [9.17, 15) is 13.2 Å². The van der Waals surface area contributed by atoms with Crippen molar-refractivity contribution in [1.29, 1.82) is 0 Å². The van der Waals surface area contributed by atoms with Crippen LogP contribution in [-0.4, -0.2) is 72.8 Å². The highest BCUT2D eigenvalue weighted by Crippen LogP contribution is 2.39. The van der Waals surface area contributed by atoms with Crippen LogP contribution in [0.25, 0.3) is 0 Å². The molecule has 6 rings (SSSR count). The first-order chi connectivity index (χ1) is 17.9. The van der Waals surface area contributed by atoms with Gasteiger partial charge in [-0.2, -0.15) is 4.68 Å². The van der Waals surface area contributed by atoms with Crippen LogP contribution in [0.1, 0.15) is 13.0 Å². The third kappa shape index (κ3) is 4.57. The van der Waals surface area contributed by atoms with Gasteiger partial charge in [-0.1, -0.05) is 5.10 Å². The average Bonchev–Trinajstić information content (AvgIpc) is 3.65. The lowest BCUT2D eigenvalue weighted by Gasteiger charge is -2.18. The fraction of sp³-hybridized carbons (Fsp3) is 0.364. The Balaban J connectivity index is 1.14. The summed E-state index contributed by atoms with van der Waals surface area (Å²) in [7, 11) is -3.87. The molecule has 3 aliphatic rings. The van der Waals surface area contributed by atoms with E-state index in [1.165, 1.54) is 35.9 Å². The Morgan fingerprint density at radius 2 is 1.84 bits per heavy atom. The highest BCUT2D eigenvalue weighted by Gasteiger charge is 2.50. The molecule has 37 heavy (non-hydrogen) atoms. The van der Waals surface area contributed by atoms with E-state index in [1.807, 2.05) is 0 Å². The van der Waals surface area contributed by atoms with Crippen LogP contribution in [0.4, 0.5) is 5.69 Å². The Morgan fingerprint density at radius 3 is 2.65 bits per heavy atom. The number of rotatable bonds is 7. The largest absolute Gasteiger partial charge is 0.454 e. The molecule has 194 valence electrons. The lowest BCUT2D eigenvalue weighted by atomic mass is 10.1. The van der Waals surface area contributed by atoms with Gasteiger partial charge in [0.15, 0.2) is 11.5 Å². The van der Waals surface area contributed by atoms with Crippen LogP contribution in [0.2, 0.25) is 0 Å². The molecule has 0 spiro atoms. The normalized spacial score (nSPS) is 24.1. The van der Waals surface area contributed by atoms with Crippen molar-refractivity contribution in [3.63, 3.8) is 0 Å². The van der Waals surface area contributed by atoms with Crippen molar-refractivity contribution in [1.82, 2.24) is 24.9 Å². The summed E-state index contributed by atoms with van der Waals surface area (Å²) < 4.78 is 58.5. The van der Waals surface area contributed by atoms with Crippen molar-refractivity contribution in [3.05, 3.63) is 42.5 Å². The summed E-state index contributed by atoms with van der Waals surface area (Å²) in [5.74, 6) is 1.39. The summed E-state index contributed by atoms with van der Waals surface area (Å²) in [6.07, 6.45) is -1.06. The third-order valence-corrected chi connectivity index (χ3v) is 7.65. The minimum Gasteiger partial charge on any atom is -0.454 e. The number of aromatic nitrogens is 4. The maximum atomic E-state index is 13.0. The fourth-order valence-corrected chi connectivity index (χ4v) is 5.72. The maximum absolute atomic E-state index is 13.0. The number of amides is 1. The Kier molecular flexibility index (Phi) is 5.91. The monoisotopic (exact) mass is 530 g/mol. The summed E-state index contributed by atoms with van der Waals surface area (Å²) in [4.78, 5) is 11.2. The molecule has 4 unspecified atom stereocenters. The van der Waals surface area contributed by atoms with Crippen LogP contribution in [0.3, 0.4) is 0 Å². The van der Waals surface area contributed by atoms with Gasteiger partial charge >= 0.3 is 6.01 Å². The van der Waals surface area contributed by atoms with Gasteiger partial charge in [-0.05, 0) is 46.8 Å². The zero-order valence-corrected chi connectivity index (χ0v) is 20.3. The second kappa shape index (κ2) is 9.26. The molecule has 3 aromatic rings. The van der Waals surface area contributed by atoms with Crippen molar-refractivity contribution < 1.29 is 36.9 Å². The first-order valence-electron chi connectivity index (χ1n) is 11.4. The summed E-state index contributed by atoms with van der Waals surface area (Å²) in [6.45, 7) is 1.82. The van der Waals surface area contributed by atoms with Gasteiger partial charge in [0.25, 0.3) is 0 Å². The predicted molar refractivity (Wildman–Crippen MR) is 124 cm³/mol. The standard InChI is InChI=1S/C22H22N6O8S/c1-12(29)23-13-2-5-15(6-3-13)37(30,31)25-16-9-32-21-17(10-33-20(16)21)28-22(24-26-27-28)36-14-4-7-18-19(8-14)35-11-34-18/h2-8,16-17,20-21,25H,9-11H2,1H3,(H,23,29). The molecule has 0 aliphatic carbocycles. The third-order valence-electron chi connectivity index (χ3n) is 6.15. The molecule has 0 bridgehead atoms. The van der Waals surface area contributed by atoms with Crippen LogP contribution in [0.5, 0.6) is 23.3 Å². The smallest absolute Gasteiger partial charge is 0.341 e. The molecule has 3 aliphatic heterocycles. The van der Waals surface area contributed by atoms with Gasteiger partial charge in [0.2, 0.25) is 22.7 Å². The number of fused-ring (bicyclic) bond motifs is 2. The minimum atomic E-state index is -3.87. The van der Waals surface area contributed by atoms with E-state index in [2.05, 4.69) is 25.6 Å². The van der Waals surface area contributed by atoms with E-state index in [4.69, 9.17) is 23.7 Å². The van der Waals surface area contributed by atoms with E-state index < -0.39 is 34.3 Å². The van der Waals surface area contributed by atoms with Crippen molar-refractivity contribution >= 4 is 21.6 Å². The number of carbonyl (C=O) groups excluding carboxylic acids is 1. The number of hydrogen-bond donors (Lipinski definition) is 2. The second-order valence-corrected chi connectivity index (χ2v) is 10.3. The summed E-state index contributed by atoms with van der Waals surface area (Å²) >= 11 is 0. The molecule has 15 heteroatoms. The maximum Gasteiger partial charge on any atom is 0.341 e. The second-order valence-electron chi connectivity index (χ2n) is 8.62. The summed E-state index contributed by atoms with van der Waals surface area (Å²) in [6, 6.07) is 10.1. The van der Waals surface area contributed by atoms with E-state index >= 15 is 0 Å². The van der Waals surface area contributed by atoms with Crippen molar-refractivity contribution in [2.75, 3.05) is 25.3 Å². The summed E-state index contributed by atoms with van der Waals surface area (Å²) in [5.41, 5.74) is 0.498. The van der Waals surface area contributed by atoms with Gasteiger partial charge in [0.1, 0.15) is 24.0 Å². The molecule has 2 fully saturated rings. The van der Waals surface area contributed by atoms with Gasteiger partial charge in [-0.3, -0.25) is 4.79 Å². The van der Waals surface area contributed by atoms with E-state index in [-0.39, 0.29) is 36.8 Å². The summed E-state index contributed by atoms with van der Waals surface area (Å²) in [5, 5.41) is 14.3. The van der Waals surface area contributed by atoms with Crippen LogP contribution in [0.15, 0.2) is 47.4 Å². The number of hydrogen-bond acceptors (Lipinski definition) is 11. The minimum absolute atomic E-state index is 0.0551. The molecule has 0 radical (unpaired) electrons. The van der Waals surface area contributed by atoms with Gasteiger partial charge < -0.3 is 29.0 Å². The lowest BCUT2D eigenvalue weighted by molar-refractivity contribution is -0.114. The highest BCUT2D eigenvalue weighted by molar-refractivity contribution is 7.89. The van der Waals surface area contributed by atoms with Gasteiger partial charge in [-0.15, -0.1) is 0 Å². The Bertz CT molecular complexity index is 1430. The van der Waals surface area contributed by atoms with E-state index in [0.29, 0.717) is 22.9 Å². The van der Waals surface area contributed by atoms with Gasteiger partial charge in [0.05, 0.1) is 24.2 Å². The number of carbonyl (C=O) groups is 1. The average molecular weight is 531 g/mol. The molecule has 0 saturated carbocycles. The molecule has 14 nitrogen and oxygen atoms in total. The number of nitrogens with zero attached hydrogens (tertiary/aromatic N) is 4. The van der Waals surface area contributed by atoms with Crippen LogP contribution in [-0.2, 0) is 24.3 Å². The van der Waals surface area contributed by atoms with Gasteiger partial charge in [0, 0.05) is 18.7 Å². The Morgan fingerprint density at radius 1 is 1.05 bits per heavy atom. The van der Waals surface area contributed by atoms with Crippen LogP contribution < -0.4 is 24.2 Å². The van der Waals surface area contributed by atoms with Crippen molar-refractivity contribution in [2.24, 2.45) is 0 Å². The predicted octanol–water partition coefficient (Wildman–Crippen LogP) is 0.838. The molecule has 2 N–H and O–H groups in total. The number of anilines is 1. The van der Waals surface area contributed by atoms with Crippen LogP contribution in [0, 0.1) is 0 Å². The van der Waals surface area contributed by atoms with E-state index in [1.54, 1.807) is 18.2 Å². The molecule has 2 saturated heterocycles. The van der Waals surface area contributed by atoms with E-state index in [0.717, 1.165) is 0 Å². The number of nitrogens with one attached hydrogen (secondary N) is 2. The molecule has 4 atom stereocenters. The van der Waals surface area contributed by atoms with Crippen molar-refractivity contribution in [3.8, 4) is 23.3 Å². The molecule has 1 amide bonds. The zero-order chi connectivity index (χ0) is 25.6. The first kappa shape index (κ1) is 23.6. The van der Waals surface area contributed by atoms with Gasteiger partial charge in [-0.25, -0.2) is 13.1 Å². The Labute approximate surface area is 210 Å². The lowest BCUT2D eigenvalue weighted by Crippen LogP contribution is -2.44. The van der Waals surface area contributed by atoms with Crippen molar-refractivity contribution in [2.45, 2.75) is 36.1 Å². The highest BCUT2D eigenvalue weighted by atomic mass is 32.2. The quantitative estimate of drug-likeness (QED) is 0.445. The number of sulfonamides is 1. The Hall–Kier alpha value is -3.79. The SMILES string of the molecule is CC(=O)Nc1ccc(S(=O)(=O)NC2COC3C2OCC3n2nnnc2Oc2ccc3c(c2)OCO3)cc1. The molecule has 4 heterocycles. The molecule has 1 aromatic heterocycles.